The molecule has 15 heavy (non-hydrogen) atoms. The molecule has 1 aromatic carbocycles. The second kappa shape index (κ2) is 6.21. The molecule has 0 aliphatic carbocycles. The summed E-state index contributed by atoms with van der Waals surface area (Å²) in [5, 5.41) is 4.07. The molecule has 1 fully saturated rings. The van der Waals surface area contributed by atoms with Crippen molar-refractivity contribution in [2.75, 3.05) is 19.7 Å². The van der Waals surface area contributed by atoms with Crippen LogP contribution in [0.1, 0.15) is 6.42 Å². The summed E-state index contributed by atoms with van der Waals surface area (Å²) in [5.74, 6) is 1.56. The molecule has 1 N–H and O–H groups in total. The molecule has 0 radical (unpaired) electrons. The Hall–Kier alpha value is -0.440. The van der Waals surface area contributed by atoms with Crippen LogP contribution in [0.5, 0.6) is 5.75 Å². The third kappa shape index (κ3) is 3.90. The second-order valence-corrected chi connectivity index (χ2v) is 4.06. The molecule has 0 spiro atoms. The van der Waals surface area contributed by atoms with Crippen molar-refractivity contribution in [1.82, 2.24) is 5.32 Å². The van der Waals surface area contributed by atoms with Crippen LogP contribution in [0.4, 0.5) is 0 Å². The van der Waals surface area contributed by atoms with Crippen molar-refractivity contribution in [3.05, 3.63) is 29.3 Å². The molecular formula is C11H15Cl2NO. The van der Waals surface area contributed by atoms with Gasteiger partial charge in [0.2, 0.25) is 0 Å². The summed E-state index contributed by atoms with van der Waals surface area (Å²) < 4.78 is 5.65. The van der Waals surface area contributed by atoms with E-state index in [9.17, 15) is 0 Å². The number of ether oxygens (including phenoxy) is 1. The Labute approximate surface area is 101 Å². The standard InChI is InChI=1S/C11H14ClNO.ClH/c12-10-1-3-11(4-2-10)14-8-9-5-6-13-7-9;/h1-4,9,13H,5-8H2;1H. The van der Waals surface area contributed by atoms with E-state index in [4.69, 9.17) is 16.3 Å². The minimum Gasteiger partial charge on any atom is -0.493 e. The minimum absolute atomic E-state index is 0. The quantitative estimate of drug-likeness (QED) is 0.888. The lowest BCUT2D eigenvalue weighted by Crippen LogP contribution is -2.15. The molecule has 0 aromatic heterocycles. The fourth-order valence-electron chi connectivity index (χ4n) is 1.60. The Bertz CT molecular complexity index is 283. The molecule has 0 saturated carbocycles. The molecule has 84 valence electrons. The average molecular weight is 248 g/mol. The summed E-state index contributed by atoms with van der Waals surface area (Å²) in [6.07, 6.45) is 1.22. The van der Waals surface area contributed by atoms with Crippen LogP contribution in [0.2, 0.25) is 5.02 Å². The third-order valence-corrected chi connectivity index (χ3v) is 2.71. The summed E-state index contributed by atoms with van der Waals surface area (Å²) in [6.45, 7) is 3.00. The number of rotatable bonds is 3. The SMILES string of the molecule is Cl.Clc1ccc(OCC2CCNC2)cc1. The van der Waals surface area contributed by atoms with Gasteiger partial charge in [0.25, 0.3) is 0 Å². The lowest BCUT2D eigenvalue weighted by Gasteiger charge is -2.10. The van der Waals surface area contributed by atoms with Crippen molar-refractivity contribution >= 4 is 24.0 Å². The van der Waals surface area contributed by atoms with Gasteiger partial charge in [-0.05, 0) is 37.2 Å². The lowest BCUT2D eigenvalue weighted by molar-refractivity contribution is 0.260. The highest BCUT2D eigenvalue weighted by molar-refractivity contribution is 6.30. The molecular weight excluding hydrogens is 233 g/mol. The second-order valence-electron chi connectivity index (χ2n) is 3.62. The third-order valence-electron chi connectivity index (χ3n) is 2.46. The Morgan fingerprint density at radius 1 is 1.33 bits per heavy atom. The summed E-state index contributed by atoms with van der Waals surface area (Å²) in [7, 11) is 0. The van der Waals surface area contributed by atoms with Gasteiger partial charge in [-0.1, -0.05) is 11.6 Å². The molecule has 0 amide bonds. The van der Waals surface area contributed by atoms with Crippen molar-refractivity contribution in [2.45, 2.75) is 6.42 Å². The van der Waals surface area contributed by atoms with Crippen molar-refractivity contribution in [3.8, 4) is 5.75 Å². The lowest BCUT2D eigenvalue weighted by atomic mass is 10.1. The highest BCUT2D eigenvalue weighted by Gasteiger charge is 2.14. The van der Waals surface area contributed by atoms with Crippen LogP contribution in [0.3, 0.4) is 0 Å². The van der Waals surface area contributed by atoms with E-state index in [1.54, 1.807) is 0 Å². The van der Waals surface area contributed by atoms with Crippen molar-refractivity contribution in [1.29, 1.82) is 0 Å². The van der Waals surface area contributed by atoms with E-state index < -0.39 is 0 Å². The van der Waals surface area contributed by atoms with Crippen molar-refractivity contribution in [2.24, 2.45) is 5.92 Å². The van der Waals surface area contributed by atoms with E-state index in [2.05, 4.69) is 5.32 Å². The topological polar surface area (TPSA) is 21.3 Å². The Kier molecular flexibility index (Phi) is 5.23. The van der Waals surface area contributed by atoms with Crippen LogP contribution < -0.4 is 10.1 Å². The molecule has 0 bridgehead atoms. The van der Waals surface area contributed by atoms with Crippen molar-refractivity contribution < 1.29 is 4.74 Å². The molecule has 2 nitrogen and oxygen atoms in total. The maximum absolute atomic E-state index is 5.77. The zero-order valence-electron chi connectivity index (χ0n) is 8.41. The highest BCUT2D eigenvalue weighted by Crippen LogP contribution is 2.17. The number of benzene rings is 1. The summed E-state index contributed by atoms with van der Waals surface area (Å²) >= 11 is 5.77. The minimum atomic E-state index is 0. The first kappa shape index (κ1) is 12.6. The zero-order valence-corrected chi connectivity index (χ0v) is 9.98. The molecule has 1 saturated heterocycles. The fourth-order valence-corrected chi connectivity index (χ4v) is 1.73. The van der Waals surface area contributed by atoms with Gasteiger partial charge in [0.1, 0.15) is 5.75 Å². The van der Waals surface area contributed by atoms with E-state index in [0.717, 1.165) is 30.5 Å². The van der Waals surface area contributed by atoms with E-state index >= 15 is 0 Å². The molecule has 1 atom stereocenters. The normalized spacial score (nSPS) is 19.7. The van der Waals surface area contributed by atoms with E-state index in [1.807, 2.05) is 24.3 Å². The zero-order chi connectivity index (χ0) is 9.80. The van der Waals surface area contributed by atoms with Gasteiger partial charge in [0.05, 0.1) is 6.61 Å². The van der Waals surface area contributed by atoms with Gasteiger partial charge in [0.15, 0.2) is 0 Å². The molecule has 1 heterocycles. The van der Waals surface area contributed by atoms with E-state index in [1.165, 1.54) is 6.42 Å². The van der Waals surface area contributed by atoms with Gasteiger partial charge in [-0.3, -0.25) is 0 Å². The highest BCUT2D eigenvalue weighted by atomic mass is 35.5. The first-order chi connectivity index (χ1) is 6.84. The van der Waals surface area contributed by atoms with Crippen LogP contribution in [-0.2, 0) is 0 Å². The number of hydrogen-bond acceptors (Lipinski definition) is 2. The van der Waals surface area contributed by atoms with Crippen molar-refractivity contribution in [3.63, 3.8) is 0 Å². The first-order valence-electron chi connectivity index (χ1n) is 4.94. The maximum Gasteiger partial charge on any atom is 0.119 e. The van der Waals surface area contributed by atoms with Gasteiger partial charge in [-0.25, -0.2) is 0 Å². The van der Waals surface area contributed by atoms with Crippen LogP contribution in [0, 0.1) is 5.92 Å². The van der Waals surface area contributed by atoms with Gasteiger partial charge in [-0.15, -0.1) is 12.4 Å². The maximum atomic E-state index is 5.77. The predicted molar refractivity (Wildman–Crippen MR) is 65.2 cm³/mol. The van der Waals surface area contributed by atoms with E-state index in [0.29, 0.717) is 5.92 Å². The van der Waals surface area contributed by atoms with Gasteiger partial charge in [0, 0.05) is 17.5 Å². The smallest absolute Gasteiger partial charge is 0.119 e. The number of hydrogen-bond donors (Lipinski definition) is 1. The van der Waals surface area contributed by atoms with Gasteiger partial charge < -0.3 is 10.1 Å². The fraction of sp³-hybridized carbons (Fsp3) is 0.455. The number of nitrogens with one attached hydrogen (secondary N) is 1. The summed E-state index contributed by atoms with van der Waals surface area (Å²) in [5.41, 5.74) is 0. The van der Waals surface area contributed by atoms with Crippen LogP contribution in [0.15, 0.2) is 24.3 Å². The Morgan fingerprint density at radius 3 is 2.67 bits per heavy atom. The Balaban J connectivity index is 0.00000112. The average Bonchev–Trinajstić information content (AvgIpc) is 2.70. The largest absolute Gasteiger partial charge is 0.493 e. The molecule has 1 unspecified atom stereocenters. The van der Waals surface area contributed by atoms with Crippen LogP contribution >= 0.6 is 24.0 Å². The molecule has 1 aliphatic heterocycles. The number of halogens is 2. The molecule has 2 rings (SSSR count). The molecule has 1 aromatic rings. The summed E-state index contributed by atoms with van der Waals surface area (Å²) in [4.78, 5) is 0. The monoisotopic (exact) mass is 247 g/mol. The van der Waals surface area contributed by atoms with Crippen LogP contribution in [-0.4, -0.2) is 19.7 Å². The predicted octanol–water partition coefficient (Wildman–Crippen LogP) is 2.75. The first-order valence-corrected chi connectivity index (χ1v) is 5.31. The summed E-state index contributed by atoms with van der Waals surface area (Å²) in [6, 6.07) is 7.52. The van der Waals surface area contributed by atoms with Crippen LogP contribution in [0.25, 0.3) is 0 Å². The van der Waals surface area contributed by atoms with Gasteiger partial charge in [-0.2, -0.15) is 0 Å². The Morgan fingerprint density at radius 2 is 2.07 bits per heavy atom. The molecule has 1 aliphatic rings. The van der Waals surface area contributed by atoms with Gasteiger partial charge >= 0.3 is 0 Å². The molecule has 4 heteroatoms. The van der Waals surface area contributed by atoms with E-state index in [-0.39, 0.29) is 12.4 Å².